The van der Waals surface area contributed by atoms with Crippen LogP contribution < -0.4 is 10.6 Å². The van der Waals surface area contributed by atoms with Gasteiger partial charge in [-0.05, 0) is 24.4 Å². The van der Waals surface area contributed by atoms with E-state index >= 15 is 0 Å². The van der Waals surface area contributed by atoms with Gasteiger partial charge in [0.1, 0.15) is 0 Å². The van der Waals surface area contributed by atoms with Crippen LogP contribution in [0.15, 0.2) is 35.3 Å². The zero-order chi connectivity index (χ0) is 16.7. The van der Waals surface area contributed by atoms with Crippen molar-refractivity contribution in [3.63, 3.8) is 0 Å². The Morgan fingerprint density at radius 2 is 2.00 bits per heavy atom. The van der Waals surface area contributed by atoms with Crippen LogP contribution in [0.3, 0.4) is 0 Å². The van der Waals surface area contributed by atoms with E-state index in [0.29, 0.717) is 32.1 Å². The molecule has 1 atom stereocenters. The van der Waals surface area contributed by atoms with Crippen LogP contribution in [0, 0.1) is 5.92 Å². The number of aliphatic imine (C=N–C) groups is 1. The Morgan fingerprint density at radius 1 is 1.26 bits per heavy atom. The van der Waals surface area contributed by atoms with Crippen molar-refractivity contribution in [2.45, 2.75) is 19.1 Å². The number of nitrogens with one attached hydrogen (secondary N) is 2. The van der Waals surface area contributed by atoms with Crippen molar-refractivity contribution in [3.8, 4) is 0 Å². The highest BCUT2D eigenvalue weighted by molar-refractivity contribution is 5.79. The molecule has 1 aromatic carbocycles. The summed E-state index contributed by atoms with van der Waals surface area (Å²) in [6, 6.07) is 9.95. The summed E-state index contributed by atoms with van der Waals surface area (Å²) in [6.07, 6.45) is -3.34. The van der Waals surface area contributed by atoms with Crippen LogP contribution in [0.5, 0.6) is 0 Å². The summed E-state index contributed by atoms with van der Waals surface area (Å²) >= 11 is 0. The molecule has 1 saturated heterocycles. The van der Waals surface area contributed by atoms with Gasteiger partial charge in [0.05, 0.1) is 6.54 Å². The van der Waals surface area contributed by atoms with Gasteiger partial charge < -0.3 is 10.6 Å². The molecule has 0 bridgehead atoms. The number of nitrogens with zero attached hydrogens (tertiary/aromatic N) is 2. The fourth-order valence-corrected chi connectivity index (χ4v) is 2.72. The van der Waals surface area contributed by atoms with Crippen molar-refractivity contribution < 1.29 is 13.2 Å². The van der Waals surface area contributed by atoms with Crippen LogP contribution in [-0.4, -0.2) is 50.3 Å². The normalized spacial score (nSPS) is 19.8. The molecule has 0 spiro atoms. The highest BCUT2D eigenvalue weighted by atomic mass is 19.4. The smallest absolute Gasteiger partial charge is 0.356 e. The van der Waals surface area contributed by atoms with Crippen molar-refractivity contribution in [1.29, 1.82) is 0 Å². The molecule has 0 radical (unpaired) electrons. The molecule has 1 heterocycles. The Balaban J connectivity index is 1.70. The average Bonchev–Trinajstić information content (AvgIpc) is 2.94. The molecule has 0 saturated carbocycles. The molecular weight excluding hydrogens is 305 g/mol. The average molecular weight is 328 g/mol. The summed E-state index contributed by atoms with van der Waals surface area (Å²) in [5, 5.41) is 6.40. The molecule has 7 heteroatoms. The largest absolute Gasteiger partial charge is 0.401 e. The quantitative estimate of drug-likeness (QED) is 0.643. The fraction of sp³-hybridized carbons (Fsp3) is 0.562. The third kappa shape index (κ3) is 6.48. The maximum Gasteiger partial charge on any atom is 0.401 e. The molecule has 4 nitrogen and oxygen atoms in total. The Labute approximate surface area is 134 Å². The molecule has 0 aliphatic carbocycles. The standard InChI is InChI=1S/C16H23F3N4/c1-20-15(21-9-13-5-3-2-4-6-13)22-10-14-7-8-23(11-14)12-16(17,18)19/h2-6,14H,7-12H2,1H3,(H2,20,21,22). The van der Waals surface area contributed by atoms with Crippen LogP contribution >= 0.6 is 0 Å². The molecule has 2 N–H and O–H groups in total. The van der Waals surface area contributed by atoms with Crippen molar-refractivity contribution >= 4 is 5.96 Å². The lowest BCUT2D eigenvalue weighted by molar-refractivity contribution is -0.143. The minimum absolute atomic E-state index is 0.215. The topological polar surface area (TPSA) is 39.7 Å². The van der Waals surface area contributed by atoms with Crippen molar-refractivity contribution in [2.75, 3.05) is 33.2 Å². The molecular formula is C16H23F3N4. The number of benzene rings is 1. The molecule has 2 rings (SSSR count). The van der Waals surface area contributed by atoms with Crippen LogP contribution in [0.2, 0.25) is 0 Å². The second kappa shape index (κ2) is 8.19. The number of hydrogen-bond donors (Lipinski definition) is 2. The lowest BCUT2D eigenvalue weighted by Gasteiger charge is -2.18. The predicted octanol–water partition coefficient (Wildman–Crippen LogP) is 2.24. The highest BCUT2D eigenvalue weighted by Gasteiger charge is 2.34. The number of guanidine groups is 1. The maximum atomic E-state index is 12.4. The first-order valence-corrected chi connectivity index (χ1v) is 7.74. The zero-order valence-electron chi connectivity index (χ0n) is 13.2. The molecule has 128 valence electrons. The molecule has 1 aliphatic heterocycles. The highest BCUT2D eigenvalue weighted by Crippen LogP contribution is 2.22. The SMILES string of the molecule is CN=C(NCc1ccccc1)NCC1CCN(CC(F)(F)F)C1. The van der Waals surface area contributed by atoms with Crippen LogP contribution in [-0.2, 0) is 6.54 Å². The summed E-state index contributed by atoms with van der Waals surface area (Å²) in [5.41, 5.74) is 1.15. The van der Waals surface area contributed by atoms with Crippen LogP contribution in [0.1, 0.15) is 12.0 Å². The van der Waals surface area contributed by atoms with E-state index < -0.39 is 12.7 Å². The monoisotopic (exact) mass is 328 g/mol. The number of likely N-dealkylation sites (tertiary alicyclic amines) is 1. The number of halogens is 3. The van der Waals surface area contributed by atoms with Gasteiger partial charge in [0.2, 0.25) is 0 Å². The second-order valence-corrected chi connectivity index (χ2v) is 5.80. The summed E-state index contributed by atoms with van der Waals surface area (Å²) in [6.45, 7) is 1.45. The Kier molecular flexibility index (Phi) is 6.27. The van der Waals surface area contributed by atoms with Gasteiger partial charge in [0.25, 0.3) is 0 Å². The fourth-order valence-electron chi connectivity index (χ4n) is 2.72. The van der Waals surface area contributed by atoms with Gasteiger partial charge in [-0.15, -0.1) is 0 Å². The van der Waals surface area contributed by atoms with E-state index in [4.69, 9.17) is 0 Å². The summed E-state index contributed by atoms with van der Waals surface area (Å²) < 4.78 is 37.1. The molecule has 1 aliphatic rings. The number of hydrogen-bond acceptors (Lipinski definition) is 2. The van der Waals surface area contributed by atoms with Gasteiger partial charge in [0, 0.05) is 26.7 Å². The van der Waals surface area contributed by atoms with E-state index in [1.165, 1.54) is 4.90 Å². The third-order valence-corrected chi connectivity index (χ3v) is 3.86. The van der Waals surface area contributed by atoms with Gasteiger partial charge in [-0.2, -0.15) is 13.2 Å². The van der Waals surface area contributed by atoms with Gasteiger partial charge in [-0.25, -0.2) is 0 Å². The summed E-state index contributed by atoms with van der Waals surface area (Å²) in [4.78, 5) is 5.61. The minimum atomic E-state index is -4.12. The van der Waals surface area contributed by atoms with E-state index in [1.54, 1.807) is 7.05 Å². The van der Waals surface area contributed by atoms with Crippen LogP contribution in [0.4, 0.5) is 13.2 Å². The number of alkyl halides is 3. The summed E-state index contributed by atoms with van der Waals surface area (Å²) in [7, 11) is 1.69. The molecule has 23 heavy (non-hydrogen) atoms. The molecule has 0 amide bonds. The van der Waals surface area contributed by atoms with Crippen molar-refractivity contribution in [2.24, 2.45) is 10.9 Å². The lowest BCUT2D eigenvalue weighted by atomic mass is 10.1. The molecule has 1 unspecified atom stereocenters. The van der Waals surface area contributed by atoms with Gasteiger partial charge in [-0.1, -0.05) is 30.3 Å². The second-order valence-electron chi connectivity index (χ2n) is 5.80. The van der Waals surface area contributed by atoms with E-state index in [1.807, 2.05) is 30.3 Å². The van der Waals surface area contributed by atoms with Crippen molar-refractivity contribution in [3.05, 3.63) is 35.9 Å². The zero-order valence-corrected chi connectivity index (χ0v) is 13.2. The lowest BCUT2D eigenvalue weighted by Crippen LogP contribution is -2.40. The van der Waals surface area contributed by atoms with E-state index in [2.05, 4.69) is 15.6 Å². The van der Waals surface area contributed by atoms with Gasteiger partial charge in [0.15, 0.2) is 5.96 Å². The first-order chi connectivity index (χ1) is 11.0. The predicted molar refractivity (Wildman–Crippen MR) is 85.2 cm³/mol. The summed E-state index contributed by atoms with van der Waals surface area (Å²) in [5.74, 6) is 0.885. The Morgan fingerprint density at radius 3 is 2.65 bits per heavy atom. The van der Waals surface area contributed by atoms with Crippen LogP contribution in [0.25, 0.3) is 0 Å². The number of rotatable bonds is 5. The molecule has 0 aromatic heterocycles. The van der Waals surface area contributed by atoms with E-state index in [9.17, 15) is 13.2 Å². The van der Waals surface area contributed by atoms with Gasteiger partial charge >= 0.3 is 6.18 Å². The first-order valence-electron chi connectivity index (χ1n) is 7.74. The molecule has 1 aromatic rings. The Bertz CT molecular complexity index is 502. The maximum absolute atomic E-state index is 12.4. The van der Waals surface area contributed by atoms with Crippen molar-refractivity contribution in [1.82, 2.24) is 15.5 Å². The first kappa shape index (κ1) is 17.6. The molecule has 1 fully saturated rings. The van der Waals surface area contributed by atoms with E-state index in [0.717, 1.165) is 12.0 Å². The van der Waals surface area contributed by atoms with E-state index in [-0.39, 0.29) is 5.92 Å². The third-order valence-electron chi connectivity index (χ3n) is 3.86. The Hall–Kier alpha value is -1.76. The minimum Gasteiger partial charge on any atom is -0.356 e. The van der Waals surface area contributed by atoms with Gasteiger partial charge in [-0.3, -0.25) is 9.89 Å².